The number of H-pyrrole nitrogens is 1. The molecule has 1 unspecified atom stereocenters. The summed E-state index contributed by atoms with van der Waals surface area (Å²) in [5.74, 6) is 1.11. The van der Waals surface area contributed by atoms with E-state index in [1.165, 1.54) is 25.7 Å². The predicted octanol–water partition coefficient (Wildman–Crippen LogP) is 3.42. The highest BCUT2D eigenvalue weighted by Gasteiger charge is 2.20. The topological polar surface area (TPSA) is 106 Å². The zero-order valence-corrected chi connectivity index (χ0v) is 16.4. The molecule has 1 aliphatic rings. The molecule has 1 aliphatic carbocycles. The van der Waals surface area contributed by atoms with Gasteiger partial charge in [-0.2, -0.15) is 5.10 Å². The number of benzene rings is 1. The average Bonchev–Trinajstić information content (AvgIpc) is 3.00. The van der Waals surface area contributed by atoms with Crippen molar-refractivity contribution < 1.29 is 9.53 Å². The summed E-state index contributed by atoms with van der Waals surface area (Å²) in [4.78, 5) is 16.7. The highest BCUT2D eigenvalue weighted by atomic mass is 35.5. The number of carbonyl (C=O) groups excluding carboxylic acids is 1. The fraction of sp³-hybridized carbons (Fsp3) is 0.526. The largest absolute Gasteiger partial charge is 0.365 e. The number of hydrogen-bond donors (Lipinski definition) is 3. The standard InChI is InChI=1S/C19H27N5O2.ClH/c1-13(26-16-6-4-2-3-5-7-16)19(25)21-15-10-8-14(9-11-15)18-22-17(12-20)23-24-18;/h8-11,13,16H,2-7,12,20H2,1H3,(H,21,25)(H,22,23,24);1H. The van der Waals surface area contributed by atoms with Crippen molar-refractivity contribution in [2.24, 2.45) is 5.73 Å². The van der Waals surface area contributed by atoms with Crippen molar-refractivity contribution in [2.75, 3.05) is 5.32 Å². The molecule has 0 spiro atoms. The molecule has 1 atom stereocenters. The fourth-order valence-corrected chi connectivity index (χ4v) is 3.19. The number of nitrogens with zero attached hydrogens (tertiary/aromatic N) is 2. The van der Waals surface area contributed by atoms with Crippen LogP contribution in [0.5, 0.6) is 0 Å². The van der Waals surface area contributed by atoms with Gasteiger partial charge in [0.1, 0.15) is 11.9 Å². The Hall–Kier alpha value is -1.96. The second kappa shape index (κ2) is 10.4. The van der Waals surface area contributed by atoms with E-state index >= 15 is 0 Å². The van der Waals surface area contributed by atoms with E-state index in [-0.39, 0.29) is 24.4 Å². The maximum Gasteiger partial charge on any atom is 0.253 e. The lowest BCUT2D eigenvalue weighted by molar-refractivity contribution is -0.130. The summed E-state index contributed by atoms with van der Waals surface area (Å²) in [5.41, 5.74) is 7.12. The molecule has 2 aromatic rings. The molecule has 1 amide bonds. The van der Waals surface area contributed by atoms with E-state index in [1.54, 1.807) is 0 Å². The first-order valence-corrected chi connectivity index (χ1v) is 9.34. The molecular weight excluding hydrogens is 366 g/mol. The van der Waals surface area contributed by atoms with Crippen LogP contribution in [0.1, 0.15) is 51.3 Å². The smallest absolute Gasteiger partial charge is 0.253 e. The van der Waals surface area contributed by atoms with E-state index in [9.17, 15) is 4.79 Å². The minimum absolute atomic E-state index is 0. The number of amides is 1. The van der Waals surface area contributed by atoms with Crippen LogP contribution in [0.3, 0.4) is 0 Å². The fourth-order valence-electron chi connectivity index (χ4n) is 3.19. The van der Waals surface area contributed by atoms with Crippen molar-refractivity contribution >= 4 is 24.0 Å². The molecule has 0 saturated heterocycles. The van der Waals surface area contributed by atoms with E-state index in [0.717, 1.165) is 24.1 Å². The Balaban J connectivity index is 0.00000261. The molecule has 3 rings (SSSR count). The number of rotatable bonds is 6. The number of aromatic nitrogens is 3. The van der Waals surface area contributed by atoms with Crippen LogP contribution < -0.4 is 11.1 Å². The van der Waals surface area contributed by atoms with Crippen LogP contribution in [0.2, 0.25) is 0 Å². The van der Waals surface area contributed by atoms with Crippen LogP contribution in [0.15, 0.2) is 24.3 Å². The Labute approximate surface area is 165 Å². The van der Waals surface area contributed by atoms with Gasteiger partial charge in [0.15, 0.2) is 5.82 Å². The third-order valence-electron chi connectivity index (χ3n) is 4.70. The van der Waals surface area contributed by atoms with Gasteiger partial charge in [0.25, 0.3) is 5.91 Å². The number of nitrogens with two attached hydrogens (primary N) is 1. The molecule has 1 saturated carbocycles. The van der Waals surface area contributed by atoms with E-state index in [0.29, 0.717) is 18.2 Å². The first-order chi connectivity index (χ1) is 12.7. The number of halogens is 1. The number of nitrogens with one attached hydrogen (secondary N) is 2. The first kappa shape index (κ1) is 21.3. The van der Waals surface area contributed by atoms with Gasteiger partial charge in [-0.1, -0.05) is 25.7 Å². The Morgan fingerprint density at radius 2 is 1.93 bits per heavy atom. The van der Waals surface area contributed by atoms with Crippen LogP contribution in [-0.4, -0.2) is 33.3 Å². The predicted molar refractivity (Wildman–Crippen MR) is 108 cm³/mol. The average molecular weight is 394 g/mol. The summed E-state index contributed by atoms with van der Waals surface area (Å²) in [5, 5.41) is 9.82. The normalized spacial score (nSPS) is 16.2. The van der Waals surface area contributed by atoms with Gasteiger partial charge < -0.3 is 15.8 Å². The zero-order chi connectivity index (χ0) is 18.4. The third-order valence-corrected chi connectivity index (χ3v) is 4.70. The number of anilines is 1. The van der Waals surface area contributed by atoms with Crippen molar-refractivity contribution in [3.63, 3.8) is 0 Å². The summed E-state index contributed by atoms with van der Waals surface area (Å²) in [6.45, 7) is 2.14. The Bertz CT molecular complexity index is 711. The molecular formula is C19H28ClN5O2. The molecule has 1 aromatic carbocycles. The van der Waals surface area contributed by atoms with Gasteiger partial charge in [-0.25, -0.2) is 4.98 Å². The lowest BCUT2D eigenvalue weighted by Crippen LogP contribution is -2.31. The second-order valence-corrected chi connectivity index (χ2v) is 6.77. The minimum Gasteiger partial charge on any atom is -0.365 e. The van der Waals surface area contributed by atoms with Crippen LogP contribution in [-0.2, 0) is 16.1 Å². The molecule has 1 fully saturated rings. The minimum atomic E-state index is -0.460. The molecule has 148 valence electrons. The van der Waals surface area contributed by atoms with Gasteiger partial charge in [-0.15, -0.1) is 12.4 Å². The quantitative estimate of drug-likeness (QED) is 0.652. The molecule has 0 bridgehead atoms. The third kappa shape index (κ3) is 6.02. The Morgan fingerprint density at radius 3 is 2.52 bits per heavy atom. The molecule has 7 nitrogen and oxygen atoms in total. The van der Waals surface area contributed by atoms with Crippen LogP contribution in [0.25, 0.3) is 11.4 Å². The lowest BCUT2D eigenvalue weighted by atomic mass is 10.1. The van der Waals surface area contributed by atoms with Gasteiger partial charge in [-0.3, -0.25) is 9.89 Å². The van der Waals surface area contributed by atoms with E-state index in [1.807, 2.05) is 31.2 Å². The number of aromatic amines is 1. The number of ether oxygens (including phenoxy) is 1. The summed E-state index contributed by atoms with van der Waals surface area (Å²) in [6, 6.07) is 7.42. The summed E-state index contributed by atoms with van der Waals surface area (Å²) in [7, 11) is 0. The maximum atomic E-state index is 12.4. The number of hydrogen-bond acceptors (Lipinski definition) is 5. The van der Waals surface area contributed by atoms with Crippen LogP contribution in [0.4, 0.5) is 5.69 Å². The van der Waals surface area contributed by atoms with Crippen LogP contribution >= 0.6 is 12.4 Å². The molecule has 4 N–H and O–H groups in total. The van der Waals surface area contributed by atoms with Gasteiger partial charge >= 0.3 is 0 Å². The molecule has 8 heteroatoms. The number of carbonyl (C=O) groups is 1. The molecule has 1 aromatic heterocycles. The molecule has 0 radical (unpaired) electrons. The van der Waals surface area contributed by atoms with Crippen molar-refractivity contribution in [1.82, 2.24) is 15.2 Å². The Kier molecular flexibility index (Phi) is 8.22. The lowest BCUT2D eigenvalue weighted by Gasteiger charge is -2.20. The molecule has 27 heavy (non-hydrogen) atoms. The van der Waals surface area contributed by atoms with Crippen molar-refractivity contribution in [3.8, 4) is 11.4 Å². The van der Waals surface area contributed by atoms with Gasteiger partial charge in [0.05, 0.1) is 12.6 Å². The van der Waals surface area contributed by atoms with E-state index in [2.05, 4.69) is 20.5 Å². The highest BCUT2D eigenvalue weighted by Crippen LogP contribution is 2.22. The van der Waals surface area contributed by atoms with Gasteiger partial charge in [0.2, 0.25) is 0 Å². The zero-order valence-electron chi connectivity index (χ0n) is 15.6. The summed E-state index contributed by atoms with van der Waals surface area (Å²) >= 11 is 0. The second-order valence-electron chi connectivity index (χ2n) is 6.77. The van der Waals surface area contributed by atoms with Crippen molar-refractivity contribution in [3.05, 3.63) is 30.1 Å². The van der Waals surface area contributed by atoms with E-state index < -0.39 is 6.10 Å². The molecule has 0 aliphatic heterocycles. The summed E-state index contributed by atoms with van der Waals surface area (Å²) < 4.78 is 5.97. The van der Waals surface area contributed by atoms with Crippen molar-refractivity contribution in [1.29, 1.82) is 0 Å². The summed E-state index contributed by atoms with van der Waals surface area (Å²) in [6.07, 6.45) is 6.75. The monoisotopic (exact) mass is 393 g/mol. The van der Waals surface area contributed by atoms with Gasteiger partial charge in [0, 0.05) is 11.3 Å². The molecule has 1 heterocycles. The van der Waals surface area contributed by atoms with Crippen molar-refractivity contribution in [2.45, 2.75) is 64.2 Å². The van der Waals surface area contributed by atoms with E-state index in [4.69, 9.17) is 10.5 Å². The first-order valence-electron chi connectivity index (χ1n) is 9.34. The Morgan fingerprint density at radius 1 is 1.26 bits per heavy atom. The van der Waals surface area contributed by atoms with Gasteiger partial charge in [-0.05, 0) is 44.0 Å². The van der Waals surface area contributed by atoms with Crippen LogP contribution in [0, 0.1) is 0 Å². The highest BCUT2D eigenvalue weighted by molar-refractivity contribution is 5.94. The maximum absolute atomic E-state index is 12.4. The SMILES string of the molecule is CC(OC1CCCCCC1)C(=O)Nc1ccc(-c2n[nH]c(CN)n2)cc1.Cl.